The molecule has 1 saturated carbocycles. The molecular formula is C20H23N3O2. The van der Waals surface area contributed by atoms with Gasteiger partial charge in [0.15, 0.2) is 0 Å². The van der Waals surface area contributed by atoms with Crippen LogP contribution in [0.15, 0.2) is 42.9 Å². The van der Waals surface area contributed by atoms with Crippen molar-refractivity contribution in [3.05, 3.63) is 48.4 Å². The number of benzene rings is 1. The molecule has 1 aliphatic carbocycles. The first-order valence-corrected chi connectivity index (χ1v) is 9.09. The van der Waals surface area contributed by atoms with Gasteiger partial charge in [0, 0.05) is 30.0 Å². The Bertz CT molecular complexity index is 750. The van der Waals surface area contributed by atoms with Crippen LogP contribution in [0.2, 0.25) is 0 Å². The molecule has 0 spiro atoms. The van der Waals surface area contributed by atoms with Crippen molar-refractivity contribution in [2.45, 2.75) is 51.1 Å². The summed E-state index contributed by atoms with van der Waals surface area (Å²) in [5.74, 6) is 1.82. The predicted molar refractivity (Wildman–Crippen MR) is 94.5 cm³/mol. The van der Waals surface area contributed by atoms with E-state index in [4.69, 9.17) is 4.74 Å². The number of likely N-dealkylation sites (tertiary alicyclic amines) is 1. The zero-order valence-corrected chi connectivity index (χ0v) is 14.5. The normalized spacial score (nSPS) is 25.5. The molecule has 1 aliphatic heterocycles. The zero-order valence-electron chi connectivity index (χ0n) is 14.5. The number of carbonyl (C=O) groups is 1. The summed E-state index contributed by atoms with van der Waals surface area (Å²) >= 11 is 0. The molecule has 2 aromatic rings. The van der Waals surface area contributed by atoms with Crippen molar-refractivity contribution in [1.82, 2.24) is 14.9 Å². The first kappa shape index (κ1) is 16.1. The van der Waals surface area contributed by atoms with Crippen molar-refractivity contribution in [3.63, 3.8) is 0 Å². The summed E-state index contributed by atoms with van der Waals surface area (Å²) in [4.78, 5) is 23.4. The molecule has 2 fully saturated rings. The van der Waals surface area contributed by atoms with Gasteiger partial charge in [-0.3, -0.25) is 9.78 Å². The lowest BCUT2D eigenvalue weighted by molar-refractivity contribution is 0.0633. The first-order chi connectivity index (χ1) is 12.2. The van der Waals surface area contributed by atoms with Crippen molar-refractivity contribution < 1.29 is 9.53 Å². The number of aromatic nitrogens is 2. The number of amides is 1. The highest BCUT2D eigenvalue weighted by atomic mass is 16.5. The molecule has 5 heteroatoms. The van der Waals surface area contributed by atoms with E-state index in [9.17, 15) is 4.79 Å². The minimum Gasteiger partial charge on any atom is -0.437 e. The molecule has 130 valence electrons. The fourth-order valence-electron chi connectivity index (χ4n) is 4.36. The van der Waals surface area contributed by atoms with Gasteiger partial charge < -0.3 is 9.64 Å². The summed E-state index contributed by atoms with van der Waals surface area (Å²) in [5.41, 5.74) is 0.680. The maximum atomic E-state index is 13.2. The molecule has 2 aliphatic rings. The van der Waals surface area contributed by atoms with Crippen LogP contribution in [0, 0.1) is 5.92 Å². The van der Waals surface area contributed by atoms with Crippen molar-refractivity contribution in [2.24, 2.45) is 5.92 Å². The minimum atomic E-state index is 0.117. The molecule has 0 bridgehead atoms. The van der Waals surface area contributed by atoms with Gasteiger partial charge in [0.2, 0.25) is 5.88 Å². The molecule has 0 N–H and O–H groups in total. The van der Waals surface area contributed by atoms with Crippen LogP contribution in [0.3, 0.4) is 0 Å². The molecule has 1 aromatic heterocycles. The van der Waals surface area contributed by atoms with Crippen molar-refractivity contribution in [3.8, 4) is 11.6 Å². The lowest BCUT2D eigenvalue weighted by Crippen LogP contribution is -2.42. The molecule has 0 radical (unpaired) electrons. The number of nitrogens with zero attached hydrogens (tertiary/aromatic N) is 3. The fourth-order valence-corrected chi connectivity index (χ4v) is 4.36. The third-order valence-electron chi connectivity index (χ3n) is 5.42. The van der Waals surface area contributed by atoms with Crippen LogP contribution in [-0.4, -0.2) is 32.9 Å². The molecular weight excluding hydrogens is 314 g/mol. The van der Waals surface area contributed by atoms with Crippen LogP contribution < -0.4 is 4.74 Å². The highest BCUT2D eigenvalue weighted by molar-refractivity contribution is 5.95. The summed E-state index contributed by atoms with van der Waals surface area (Å²) in [6, 6.07) is 8.08. The molecule has 4 rings (SSSR count). The fraction of sp³-hybridized carbons (Fsp3) is 0.450. The number of fused-ring (bicyclic) bond motifs is 1. The van der Waals surface area contributed by atoms with Gasteiger partial charge in [-0.2, -0.15) is 0 Å². The average Bonchev–Trinajstić information content (AvgIpc) is 2.98. The van der Waals surface area contributed by atoms with E-state index in [1.54, 1.807) is 24.7 Å². The lowest BCUT2D eigenvalue weighted by Gasteiger charge is -2.33. The van der Waals surface area contributed by atoms with Crippen LogP contribution in [-0.2, 0) is 0 Å². The highest BCUT2D eigenvalue weighted by Crippen LogP contribution is 2.40. The summed E-state index contributed by atoms with van der Waals surface area (Å²) < 4.78 is 5.72. The molecule has 1 amide bonds. The van der Waals surface area contributed by atoms with Gasteiger partial charge in [-0.1, -0.05) is 18.9 Å². The summed E-state index contributed by atoms with van der Waals surface area (Å²) in [7, 11) is 0. The Morgan fingerprint density at radius 1 is 1.24 bits per heavy atom. The predicted octanol–water partition coefficient (Wildman–Crippen LogP) is 4.06. The Morgan fingerprint density at radius 2 is 2.12 bits per heavy atom. The van der Waals surface area contributed by atoms with E-state index in [1.165, 1.54) is 19.3 Å². The molecule has 25 heavy (non-hydrogen) atoms. The van der Waals surface area contributed by atoms with Crippen molar-refractivity contribution in [2.75, 3.05) is 0 Å². The van der Waals surface area contributed by atoms with E-state index in [0.29, 0.717) is 35.2 Å². The van der Waals surface area contributed by atoms with Crippen LogP contribution in [0.4, 0.5) is 0 Å². The largest absolute Gasteiger partial charge is 0.437 e. The van der Waals surface area contributed by atoms with Crippen LogP contribution in [0.5, 0.6) is 11.6 Å². The van der Waals surface area contributed by atoms with E-state index in [-0.39, 0.29) is 5.91 Å². The van der Waals surface area contributed by atoms with Gasteiger partial charge in [0.05, 0.1) is 6.20 Å². The van der Waals surface area contributed by atoms with E-state index < -0.39 is 0 Å². The molecule has 3 atom stereocenters. The third kappa shape index (κ3) is 3.23. The van der Waals surface area contributed by atoms with Crippen LogP contribution >= 0.6 is 0 Å². The standard InChI is InChI=1S/C20H23N3O2/c1-14-11-15-5-2-3-8-18(15)23(14)20(24)16-6-4-7-17(12-16)25-19-13-21-9-10-22-19/h4,6-7,9-10,12-15,18H,2-3,5,8,11H2,1H3/t14-,15+,18+/m1/s1. The van der Waals surface area contributed by atoms with Crippen molar-refractivity contribution >= 4 is 5.91 Å². The van der Waals surface area contributed by atoms with Gasteiger partial charge in [-0.25, -0.2) is 4.98 Å². The second-order valence-electron chi connectivity index (χ2n) is 7.08. The minimum absolute atomic E-state index is 0.117. The summed E-state index contributed by atoms with van der Waals surface area (Å²) in [5, 5.41) is 0. The summed E-state index contributed by atoms with van der Waals surface area (Å²) in [6.07, 6.45) is 10.8. The van der Waals surface area contributed by atoms with Crippen LogP contribution in [0.1, 0.15) is 49.4 Å². The second kappa shape index (κ2) is 6.82. The number of carbonyl (C=O) groups excluding carboxylic acids is 1. The maximum Gasteiger partial charge on any atom is 0.254 e. The Balaban J connectivity index is 1.55. The smallest absolute Gasteiger partial charge is 0.254 e. The first-order valence-electron chi connectivity index (χ1n) is 9.09. The topological polar surface area (TPSA) is 55.3 Å². The Kier molecular flexibility index (Phi) is 4.38. The maximum absolute atomic E-state index is 13.2. The lowest BCUT2D eigenvalue weighted by atomic mass is 9.85. The van der Waals surface area contributed by atoms with Gasteiger partial charge in [0.1, 0.15) is 5.75 Å². The van der Waals surface area contributed by atoms with Gasteiger partial charge in [-0.05, 0) is 50.3 Å². The number of ether oxygens (including phenoxy) is 1. The summed E-state index contributed by atoms with van der Waals surface area (Å²) in [6.45, 7) is 2.18. The SMILES string of the molecule is C[C@@H]1C[C@@H]2CCCC[C@@H]2N1C(=O)c1cccc(Oc2cnccn2)c1. The number of rotatable bonds is 3. The van der Waals surface area contributed by atoms with Gasteiger partial charge in [0.25, 0.3) is 5.91 Å². The Hall–Kier alpha value is -2.43. The molecule has 1 saturated heterocycles. The van der Waals surface area contributed by atoms with E-state index in [2.05, 4.69) is 21.8 Å². The monoisotopic (exact) mass is 337 g/mol. The van der Waals surface area contributed by atoms with Crippen molar-refractivity contribution in [1.29, 1.82) is 0 Å². The van der Waals surface area contributed by atoms with E-state index >= 15 is 0 Å². The van der Waals surface area contributed by atoms with Gasteiger partial charge >= 0.3 is 0 Å². The average molecular weight is 337 g/mol. The molecule has 5 nitrogen and oxygen atoms in total. The quantitative estimate of drug-likeness (QED) is 0.847. The third-order valence-corrected chi connectivity index (χ3v) is 5.42. The molecule has 0 unspecified atom stereocenters. The van der Waals surface area contributed by atoms with E-state index in [1.807, 2.05) is 18.2 Å². The zero-order chi connectivity index (χ0) is 17.2. The second-order valence-corrected chi connectivity index (χ2v) is 7.08. The Morgan fingerprint density at radius 3 is 2.96 bits per heavy atom. The van der Waals surface area contributed by atoms with Crippen LogP contribution in [0.25, 0.3) is 0 Å². The molecule has 1 aromatic carbocycles. The highest BCUT2D eigenvalue weighted by Gasteiger charge is 2.42. The van der Waals surface area contributed by atoms with E-state index in [0.717, 1.165) is 12.8 Å². The van der Waals surface area contributed by atoms with Gasteiger partial charge in [-0.15, -0.1) is 0 Å². The number of hydrogen-bond acceptors (Lipinski definition) is 4. The number of hydrogen-bond donors (Lipinski definition) is 0. The molecule has 2 heterocycles. The Labute approximate surface area is 148 Å².